The Bertz CT molecular complexity index is 795. The van der Waals surface area contributed by atoms with E-state index in [0.29, 0.717) is 11.1 Å². The van der Waals surface area contributed by atoms with Crippen molar-refractivity contribution in [3.05, 3.63) is 69.7 Å². The molecule has 130 valence electrons. The maximum atomic E-state index is 12.2. The molecule has 0 radical (unpaired) electrons. The molecular formula is C18H16BrNO5. The van der Waals surface area contributed by atoms with Crippen molar-refractivity contribution in [1.82, 2.24) is 5.32 Å². The third kappa shape index (κ3) is 3.67. The lowest BCUT2D eigenvalue weighted by Crippen LogP contribution is -2.57. The van der Waals surface area contributed by atoms with Gasteiger partial charge in [0.05, 0.1) is 13.2 Å². The summed E-state index contributed by atoms with van der Waals surface area (Å²) in [5.74, 6) is -1.20. The number of carbonyl (C=O) groups excluding carboxylic acids is 1. The molecule has 2 N–H and O–H groups in total. The molecule has 0 saturated carbocycles. The third-order valence-corrected chi connectivity index (χ3v) is 4.49. The molecule has 2 aromatic carbocycles. The number of carbonyl (C=O) groups is 2. The van der Waals surface area contributed by atoms with Gasteiger partial charge in [-0.2, -0.15) is 0 Å². The van der Waals surface area contributed by atoms with Crippen LogP contribution in [0.4, 0.5) is 4.79 Å². The summed E-state index contributed by atoms with van der Waals surface area (Å²) in [7, 11) is 0. The van der Waals surface area contributed by atoms with Gasteiger partial charge in [0.1, 0.15) is 6.61 Å². The highest BCUT2D eigenvalue weighted by Gasteiger charge is 2.46. The second-order valence-corrected chi connectivity index (χ2v) is 6.61. The predicted octanol–water partition coefficient (Wildman–Crippen LogP) is 3.19. The second-order valence-electron chi connectivity index (χ2n) is 5.69. The molecule has 7 heteroatoms. The van der Waals surface area contributed by atoms with Crippen molar-refractivity contribution >= 4 is 28.0 Å². The lowest BCUT2D eigenvalue weighted by atomic mass is 9.85. The van der Waals surface area contributed by atoms with Crippen LogP contribution < -0.4 is 5.32 Å². The van der Waals surface area contributed by atoms with E-state index in [9.17, 15) is 14.7 Å². The van der Waals surface area contributed by atoms with Crippen LogP contribution in [0.1, 0.15) is 16.7 Å². The summed E-state index contributed by atoms with van der Waals surface area (Å²) < 4.78 is 11.4. The summed E-state index contributed by atoms with van der Waals surface area (Å²) in [4.78, 5) is 24.2. The fourth-order valence-corrected chi connectivity index (χ4v) is 3.17. The minimum atomic E-state index is -1.68. The number of halogens is 1. The highest BCUT2D eigenvalue weighted by Crippen LogP contribution is 2.33. The van der Waals surface area contributed by atoms with E-state index in [2.05, 4.69) is 21.2 Å². The highest BCUT2D eigenvalue weighted by atomic mass is 79.9. The van der Waals surface area contributed by atoms with E-state index in [4.69, 9.17) is 9.47 Å². The van der Waals surface area contributed by atoms with Gasteiger partial charge in [0.15, 0.2) is 5.54 Å². The van der Waals surface area contributed by atoms with Gasteiger partial charge in [0.25, 0.3) is 0 Å². The molecule has 1 amide bonds. The van der Waals surface area contributed by atoms with Crippen LogP contribution in [0.5, 0.6) is 0 Å². The molecule has 1 atom stereocenters. The van der Waals surface area contributed by atoms with Gasteiger partial charge in [0, 0.05) is 4.47 Å². The van der Waals surface area contributed by atoms with Crippen LogP contribution >= 0.6 is 15.9 Å². The summed E-state index contributed by atoms with van der Waals surface area (Å²) >= 11 is 3.35. The Kier molecular flexibility index (Phi) is 5.06. The monoisotopic (exact) mass is 405 g/mol. The van der Waals surface area contributed by atoms with Crippen LogP contribution in [0, 0.1) is 0 Å². The van der Waals surface area contributed by atoms with Crippen molar-refractivity contribution in [3.8, 4) is 0 Å². The Morgan fingerprint density at radius 1 is 1.24 bits per heavy atom. The molecule has 0 aliphatic carbocycles. The Labute approximate surface area is 152 Å². The zero-order valence-electron chi connectivity index (χ0n) is 13.2. The number of carboxylic acids is 1. The van der Waals surface area contributed by atoms with Crippen molar-refractivity contribution in [2.24, 2.45) is 0 Å². The molecule has 0 bridgehead atoms. The van der Waals surface area contributed by atoms with Gasteiger partial charge in [-0.3, -0.25) is 5.32 Å². The Balaban J connectivity index is 1.80. The lowest BCUT2D eigenvalue weighted by molar-refractivity contribution is -0.149. The van der Waals surface area contributed by atoms with Crippen molar-refractivity contribution in [1.29, 1.82) is 0 Å². The van der Waals surface area contributed by atoms with E-state index in [1.807, 2.05) is 30.3 Å². The quantitative estimate of drug-likeness (QED) is 0.815. The van der Waals surface area contributed by atoms with Crippen LogP contribution in [-0.4, -0.2) is 23.8 Å². The topological polar surface area (TPSA) is 84.9 Å². The van der Waals surface area contributed by atoms with Gasteiger partial charge < -0.3 is 14.6 Å². The average Bonchev–Trinajstić information content (AvgIpc) is 2.60. The molecular weight excluding hydrogens is 390 g/mol. The maximum absolute atomic E-state index is 12.2. The van der Waals surface area contributed by atoms with Crippen LogP contribution in [0.2, 0.25) is 0 Å². The van der Waals surface area contributed by atoms with E-state index < -0.39 is 17.6 Å². The smallest absolute Gasteiger partial charge is 0.408 e. The highest BCUT2D eigenvalue weighted by molar-refractivity contribution is 9.10. The van der Waals surface area contributed by atoms with Crippen LogP contribution in [-0.2, 0) is 33.0 Å². The van der Waals surface area contributed by atoms with E-state index in [0.717, 1.165) is 10.0 Å². The predicted molar refractivity (Wildman–Crippen MR) is 92.9 cm³/mol. The molecule has 6 nitrogen and oxygen atoms in total. The van der Waals surface area contributed by atoms with E-state index in [1.54, 1.807) is 18.2 Å². The lowest BCUT2D eigenvalue weighted by Gasteiger charge is -2.35. The van der Waals surface area contributed by atoms with Crippen molar-refractivity contribution < 1.29 is 24.2 Å². The number of alkyl carbamates (subject to hydrolysis) is 1. The molecule has 1 heterocycles. The number of carboxylic acid groups (broad SMARTS) is 1. The fourth-order valence-electron chi connectivity index (χ4n) is 2.76. The molecule has 1 aliphatic heterocycles. The summed E-state index contributed by atoms with van der Waals surface area (Å²) in [5.41, 5.74) is 0.325. The number of fused-ring (bicyclic) bond motifs is 1. The average molecular weight is 406 g/mol. The molecule has 1 aliphatic rings. The first-order valence-electron chi connectivity index (χ1n) is 7.60. The van der Waals surface area contributed by atoms with E-state index in [-0.39, 0.29) is 19.8 Å². The zero-order valence-corrected chi connectivity index (χ0v) is 14.8. The first kappa shape index (κ1) is 17.4. The zero-order chi connectivity index (χ0) is 17.9. The summed E-state index contributed by atoms with van der Waals surface area (Å²) in [6, 6.07) is 14.3. The number of ether oxygens (including phenoxy) is 2. The van der Waals surface area contributed by atoms with Gasteiger partial charge in [-0.25, -0.2) is 9.59 Å². The molecule has 3 rings (SSSR count). The molecule has 1 unspecified atom stereocenters. The number of benzene rings is 2. The van der Waals surface area contributed by atoms with Crippen LogP contribution in [0.15, 0.2) is 53.0 Å². The molecule has 2 aromatic rings. The van der Waals surface area contributed by atoms with E-state index >= 15 is 0 Å². The number of hydrogen-bond donors (Lipinski definition) is 2. The van der Waals surface area contributed by atoms with Crippen molar-refractivity contribution in [2.45, 2.75) is 18.8 Å². The minimum absolute atomic E-state index is 0.0520. The third-order valence-electron chi connectivity index (χ3n) is 4.00. The molecule has 25 heavy (non-hydrogen) atoms. The minimum Gasteiger partial charge on any atom is -0.479 e. The van der Waals surface area contributed by atoms with Crippen LogP contribution in [0.25, 0.3) is 0 Å². The van der Waals surface area contributed by atoms with Crippen molar-refractivity contribution in [3.63, 3.8) is 0 Å². The van der Waals surface area contributed by atoms with Gasteiger partial charge in [-0.05, 0) is 28.8 Å². The number of hydrogen-bond acceptors (Lipinski definition) is 4. The fraction of sp³-hybridized carbons (Fsp3) is 0.222. The van der Waals surface area contributed by atoms with Gasteiger partial charge in [-0.1, -0.05) is 52.3 Å². The number of nitrogens with one attached hydrogen (secondary N) is 1. The SMILES string of the molecule is O=C(NC1(C(=O)O)COCc2cc(Br)ccc21)OCc1ccccc1. The first-order valence-corrected chi connectivity index (χ1v) is 8.39. The first-order chi connectivity index (χ1) is 12.0. The second kappa shape index (κ2) is 7.25. The molecule has 0 spiro atoms. The molecule has 0 aromatic heterocycles. The number of amides is 1. The van der Waals surface area contributed by atoms with Gasteiger partial charge in [-0.15, -0.1) is 0 Å². The number of aliphatic carboxylic acids is 1. The molecule has 0 saturated heterocycles. The summed E-state index contributed by atoms with van der Waals surface area (Å²) in [5, 5.41) is 12.3. The largest absolute Gasteiger partial charge is 0.479 e. The Hall–Kier alpha value is -2.38. The Morgan fingerprint density at radius 3 is 2.72 bits per heavy atom. The van der Waals surface area contributed by atoms with E-state index in [1.165, 1.54) is 0 Å². The summed E-state index contributed by atoms with van der Waals surface area (Å²) in [6.07, 6.45) is -0.814. The maximum Gasteiger partial charge on any atom is 0.408 e. The normalized spacial score (nSPS) is 18.9. The number of rotatable bonds is 4. The van der Waals surface area contributed by atoms with Gasteiger partial charge in [0.2, 0.25) is 0 Å². The van der Waals surface area contributed by atoms with Crippen molar-refractivity contribution in [2.75, 3.05) is 6.61 Å². The molecule has 0 fully saturated rings. The van der Waals surface area contributed by atoms with Gasteiger partial charge >= 0.3 is 12.1 Å². The Morgan fingerprint density at radius 2 is 2.00 bits per heavy atom. The standard InChI is InChI=1S/C18H16BrNO5/c19-14-6-7-15-13(8-14)10-24-11-18(15,16(21)22)20-17(23)25-9-12-4-2-1-3-5-12/h1-8H,9-11H2,(H,20,23)(H,21,22). The van der Waals surface area contributed by atoms with Crippen LogP contribution in [0.3, 0.4) is 0 Å². The summed E-state index contributed by atoms with van der Waals surface area (Å²) in [6.45, 7) is 0.165.